The molecule has 0 aromatic heterocycles. The van der Waals surface area contributed by atoms with E-state index in [1.54, 1.807) is 0 Å². The Bertz CT molecular complexity index is 667. The number of carbonyl (C=O) groups excluding carboxylic acids is 1. The Morgan fingerprint density at radius 1 is 1.20 bits per heavy atom. The summed E-state index contributed by atoms with van der Waals surface area (Å²) in [5, 5.41) is 8.38. The predicted molar refractivity (Wildman–Crippen MR) is 101 cm³/mol. The van der Waals surface area contributed by atoms with Crippen molar-refractivity contribution in [3.63, 3.8) is 0 Å². The Morgan fingerprint density at radius 3 is 2.48 bits per heavy atom. The molecular weight excluding hydrogens is 310 g/mol. The van der Waals surface area contributed by atoms with E-state index in [1.165, 1.54) is 50.5 Å². The second-order valence-electron chi connectivity index (χ2n) is 8.98. The van der Waals surface area contributed by atoms with Crippen LogP contribution < -0.4 is 5.32 Å². The van der Waals surface area contributed by atoms with Gasteiger partial charge in [0.15, 0.2) is 0 Å². The van der Waals surface area contributed by atoms with Crippen LogP contribution in [0.3, 0.4) is 0 Å². The van der Waals surface area contributed by atoms with Gasteiger partial charge in [0.25, 0.3) is 5.91 Å². The summed E-state index contributed by atoms with van der Waals surface area (Å²) in [7, 11) is 0. The van der Waals surface area contributed by atoms with Gasteiger partial charge in [0.2, 0.25) is 0 Å². The first-order chi connectivity index (χ1) is 11.9. The molecule has 2 aliphatic carbocycles. The number of allylic oxidation sites excluding steroid dienone is 1. The lowest BCUT2D eigenvalue weighted by Crippen LogP contribution is -2.55. The Labute approximate surface area is 151 Å². The molecule has 136 valence electrons. The van der Waals surface area contributed by atoms with E-state index in [1.807, 2.05) is 0 Å². The summed E-state index contributed by atoms with van der Waals surface area (Å²) in [5.74, 6) is 0.820. The van der Waals surface area contributed by atoms with Crippen LogP contribution in [-0.2, 0) is 4.79 Å². The van der Waals surface area contributed by atoms with Crippen molar-refractivity contribution in [1.29, 1.82) is 0 Å². The van der Waals surface area contributed by atoms with Crippen LogP contribution in [-0.4, -0.2) is 34.3 Å². The van der Waals surface area contributed by atoms with Crippen molar-refractivity contribution in [3.05, 3.63) is 23.4 Å². The van der Waals surface area contributed by atoms with Gasteiger partial charge < -0.3 is 5.32 Å². The highest BCUT2D eigenvalue weighted by Crippen LogP contribution is 2.45. The monoisotopic (exact) mass is 342 g/mol. The summed E-state index contributed by atoms with van der Waals surface area (Å²) in [6, 6.07) is 0.521. The number of carbonyl (C=O) groups is 1. The highest BCUT2D eigenvalue weighted by atomic mass is 16.2. The van der Waals surface area contributed by atoms with Gasteiger partial charge in [-0.1, -0.05) is 17.1 Å². The van der Waals surface area contributed by atoms with Gasteiger partial charge in [-0.25, -0.2) is 0 Å². The average Bonchev–Trinajstić information content (AvgIpc) is 3.37. The van der Waals surface area contributed by atoms with Crippen LogP contribution in [0.5, 0.6) is 0 Å². The third-order valence-electron chi connectivity index (χ3n) is 6.84. The Morgan fingerprint density at radius 2 is 1.92 bits per heavy atom. The number of nitrogens with one attached hydrogen (secondary N) is 1. The van der Waals surface area contributed by atoms with Crippen molar-refractivity contribution >= 4 is 11.6 Å². The molecule has 0 aromatic rings. The summed E-state index contributed by atoms with van der Waals surface area (Å²) in [6.45, 7) is 7.19. The highest BCUT2D eigenvalue weighted by molar-refractivity contribution is 5.96. The summed E-state index contributed by atoms with van der Waals surface area (Å²) in [5.41, 5.74) is 3.31. The van der Waals surface area contributed by atoms with Gasteiger partial charge in [-0.05, 0) is 58.8 Å². The zero-order chi connectivity index (χ0) is 17.7. The minimum Gasteiger partial charge on any atom is -0.346 e. The van der Waals surface area contributed by atoms with Crippen LogP contribution in [0.2, 0.25) is 0 Å². The fourth-order valence-electron chi connectivity index (χ4n) is 5.20. The van der Waals surface area contributed by atoms with Crippen molar-refractivity contribution in [2.24, 2.45) is 11.0 Å². The summed E-state index contributed by atoms with van der Waals surface area (Å²) in [4.78, 5) is 13.0. The number of quaternary nitrogens is 1. The minimum atomic E-state index is -0.0274. The molecule has 2 heterocycles. The van der Waals surface area contributed by atoms with Crippen molar-refractivity contribution in [2.75, 3.05) is 6.54 Å². The molecular formula is C21H32N3O+. The Hall–Kier alpha value is -1.42. The average molecular weight is 343 g/mol. The standard InChI is InChI=1S/C21H31N3O/c1-15-13-21(3,17-9-10-17)22-20(25)19(15)14-24(12-11-16(2)23-24)18-7-5-4-6-8-18/h11-12,17-18H,4-10,13-14H2,1-3H3/p+1. The third-order valence-corrected chi connectivity index (χ3v) is 6.84. The molecule has 2 aliphatic heterocycles. The molecule has 2 atom stereocenters. The number of hydrogen-bond donors (Lipinski definition) is 1. The molecule has 4 aliphatic rings. The van der Waals surface area contributed by atoms with Gasteiger partial charge in [0.05, 0.1) is 11.3 Å². The smallest absolute Gasteiger partial charge is 0.253 e. The molecule has 1 N–H and O–H groups in total. The summed E-state index contributed by atoms with van der Waals surface area (Å²) < 4.78 is 0.617. The number of rotatable bonds is 4. The maximum Gasteiger partial charge on any atom is 0.253 e. The predicted octanol–water partition coefficient (Wildman–Crippen LogP) is 4.04. The quantitative estimate of drug-likeness (QED) is 0.770. The van der Waals surface area contributed by atoms with Gasteiger partial charge in [-0.15, -0.1) is 0 Å². The molecule has 4 heteroatoms. The Kier molecular flexibility index (Phi) is 4.14. The van der Waals surface area contributed by atoms with Crippen molar-refractivity contribution in [2.45, 2.75) is 83.7 Å². The zero-order valence-electron chi connectivity index (χ0n) is 16.0. The molecule has 0 radical (unpaired) electrons. The lowest BCUT2D eigenvalue weighted by Gasteiger charge is -2.41. The lowest BCUT2D eigenvalue weighted by molar-refractivity contribution is -0.905. The van der Waals surface area contributed by atoms with Crippen LogP contribution in [0, 0.1) is 5.92 Å². The molecule has 0 bridgehead atoms. The number of nitrogens with zero attached hydrogens (tertiary/aromatic N) is 2. The molecule has 2 fully saturated rings. The molecule has 4 rings (SSSR count). The van der Waals surface area contributed by atoms with E-state index in [-0.39, 0.29) is 11.4 Å². The van der Waals surface area contributed by atoms with Crippen LogP contribution in [0.1, 0.15) is 72.1 Å². The molecule has 0 aromatic carbocycles. The van der Waals surface area contributed by atoms with Crippen LogP contribution >= 0.6 is 0 Å². The lowest BCUT2D eigenvalue weighted by atomic mass is 9.82. The molecule has 4 nitrogen and oxygen atoms in total. The summed E-state index contributed by atoms with van der Waals surface area (Å²) in [6.07, 6.45) is 14.2. The first kappa shape index (κ1) is 17.0. The fraction of sp³-hybridized carbons (Fsp3) is 0.714. The number of amides is 1. The van der Waals surface area contributed by atoms with Crippen molar-refractivity contribution < 1.29 is 9.39 Å². The topological polar surface area (TPSA) is 41.5 Å². The minimum absolute atomic E-state index is 0.0274. The van der Waals surface area contributed by atoms with E-state index >= 15 is 0 Å². The maximum absolute atomic E-state index is 13.0. The normalized spacial score (nSPS) is 36.6. The highest BCUT2D eigenvalue weighted by Gasteiger charge is 2.48. The van der Waals surface area contributed by atoms with E-state index in [2.05, 4.69) is 38.4 Å². The van der Waals surface area contributed by atoms with Gasteiger partial charge in [0.1, 0.15) is 18.8 Å². The second-order valence-corrected chi connectivity index (χ2v) is 8.98. The molecule has 0 spiro atoms. The van der Waals surface area contributed by atoms with Gasteiger partial charge in [-0.3, -0.25) is 4.79 Å². The molecule has 2 saturated carbocycles. The van der Waals surface area contributed by atoms with E-state index in [0.29, 0.717) is 16.6 Å². The van der Waals surface area contributed by atoms with Gasteiger partial charge in [0, 0.05) is 24.5 Å². The zero-order valence-corrected chi connectivity index (χ0v) is 16.0. The first-order valence-electron chi connectivity index (χ1n) is 10.1. The van der Waals surface area contributed by atoms with Crippen molar-refractivity contribution in [1.82, 2.24) is 5.32 Å². The van der Waals surface area contributed by atoms with Crippen LogP contribution in [0.25, 0.3) is 0 Å². The Balaban J connectivity index is 1.62. The maximum atomic E-state index is 13.0. The SMILES string of the molecule is CC1=N[N+](CC2=C(C)CC(C)(C3CC3)NC2=O)(C2CCCCC2)C=C1. The molecule has 1 amide bonds. The van der Waals surface area contributed by atoms with Gasteiger partial charge in [-0.2, -0.15) is 4.59 Å². The number of hydrogen-bond acceptors (Lipinski definition) is 2. The largest absolute Gasteiger partial charge is 0.346 e. The van der Waals surface area contributed by atoms with Crippen molar-refractivity contribution in [3.8, 4) is 0 Å². The first-order valence-corrected chi connectivity index (χ1v) is 10.1. The second kappa shape index (κ2) is 6.08. The van der Waals surface area contributed by atoms with Crippen LogP contribution in [0.15, 0.2) is 28.5 Å². The fourth-order valence-corrected chi connectivity index (χ4v) is 5.20. The van der Waals surface area contributed by atoms with E-state index in [0.717, 1.165) is 24.3 Å². The van der Waals surface area contributed by atoms with E-state index in [4.69, 9.17) is 5.10 Å². The van der Waals surface area contributed by atoms with E-state index < -0.39 is 0 Å². The third kappa shape index (κ3) is 3.10. The summed E-state index contributed by atoms with van der Waals surface area (Å²) >= 11 is 0. The van der Waals surface area contributed by atoms with Gasteiger partial charge >= 0.3 is 0 Å². The van der Waals surface area contributed by atoms with E-state index in [9.17, 15) is 4.79 Å². The molecule has 25 heavy (non-hydrogen) atoms. The van der Waals surface area contributed by atoms with Crippen LogP contribution in [0.4, 0.5) is 0 Å². The molecule has 0 saturated heterocycles. The molecule has 2 unspecified atom stereocenters.